The van der Waals surface area contributed by atoms with E-state index in [0.29, 0.717) is 0 Å². The standard InChI is InChI=1S/C8H3NO5/c10-6(11)3-1-4-5(9-2-3)8(13)14-7(4)12/h1-2H,(H,10,11). The third kappa shape index (κ3) is 1.05. The van der Waals surface area contributed by atoms with Gasteiger partial charge in [-0.3, -0.25) is 0 Å². The van der Waals surface area contributed by atoms with Gasteiger partial charge in [-0.1, -0.05) is 0 Å². The van der Waals surface area contributed by atoms with Gasteiger partial charge in [0.1, 0.15) is 0 Å². The molecule has 1 aromatic rings. The molecule has 1 aliphatic rings. The number of hydrogen-bond acceptors (Lipinski definition) is 5. The highest BCUT2D eigenvalue weighted by atomic mass is 16.6. The molecule has 6 heteroatoms. The second-order valence-electron chi connectivity index (χ2n) is 2.60. The molecule has 0 spiro atoms. The summed E-state index contributed by atoms with van der Waals surface area (Å²) < 4.78 is 4.23. The monoisotopic (exact) mass is 193 g/mol. The van der Waals surface area contributed by atoms with E-state index in [9.17, 15) is 14.4 Å². The average Bonchev–Trinajstić information content (AvgIpc) is 2.42. The summed E-state index contributed by atoms with van der Waals surface area (Å²) >= 11 is 0. The molecule has 0 fully saturated rings. The van der Waals surface area contributed by atoms with Crippen LogP contribution in [-0.2, 0) is 4.74 Å². The highest BCUT2D eigenvalue weighted by Crippen LogP contribution is 2.18. The Labute approximate surface area is 77.1 Å². The molecule has 1 N–H and O–H groups in total. The number of cyclic esters (lactones) is 2. The molecule has 0 saturated carbocycles. The molecule has 0 aliphatic carbocycles. The van der Waals surface area contributed by atoms with Crippen LogP contribution >= 0.6 is 0 Å². The number of esters is 2. The van der Waals surface area contributed by atoms with Crippen molar-refractivity contribution in [2.75, 3.05) is 0 Å². The maximum Gasteiger partial charge on any atom is 0.365 e. The maximum absolute atomic E-state index is 11.0. The van der Waals surface area contributed by atoms with Crippen molar-refractivity contribution in [3.63, 3.8) is 0 Å². The van der Waals surface area contributed by atoms with E-state index < -0.39 is 17.9 Å². The Bertz CT molecular complexity index is 465. The fraction of sp³-hybridized carbons (Fsp3) is 0. The first-order chi connectivity index (χ1) is 6.59. The Hall–Kier alpha value is -2.24. The topological polar surface area (TPSA) is 93.6 Å². The van der Waals surface area contributed by atoms with Crippen molar-refractivity contribution in [3.8, 4) is 0 Å². The van der Waals surface area contributed by atoms with E-state index in [4.69, 9.17) is 5.11 Å². The van der Waals surface area contributed by atoms with Gasteiger partial charge in [0, 0.05) is 6.20 Å². The predicted molar refractivity (Wildman–Crippen MR) is 40.9 cm³/mol. The lowest BCUT2D eigenvalue weighted by Gasteiger charge is -1.94. The Morgan fingerprint density at radius 1 is 1.36 bits per heavy atom. The van der Waals surface area contributed by atoms with Gasteiger partial charge in [-0.25, -0.2) is 19.4 Å². The Kier molecular flexibility index (Phi) is 1.57. The molecule has 0 unspecified atom stereocenters. The molecule has 6 nitrogen and oxygen atoms in total. The predicted octanol–water partition coefficient (Wildman–Crippen LogP) is 0.0904. The number of aromatic carboxylic acids is 1. The smallest absolute Gasteiger partial charge is 0.365 e. The second-order valence-corrected chi connectivity index (χ2v) is 2.60. The minimum Gasteiger partial charge on any atom is -0.478 e. The summed E-state index contributed by atoms with van der Waals surface area (Å²) in [4.78, 5) is 35.9. The van der Waals surface area contributed by atoms with Crippen LogP contribution in [0, 0.1) is 0 Å². The lowest BCUT2D eigenvalue weighted by Crippen LogP contribution is -2.02. The van der Waals surface area contributed by atoms with Crippen LogP contribution in [0.4, 0.5) is 0 Å². The SMILES string of the molecule is O=C(O)c1cnc2c(c1)C(=O)OC2=O. The van der Waals surface area contributed by atoms with Crippen molar-refractivity contribution in [1.82, 2.24) is 4.98 Å². The number of carbonyl (C=O) groups excluding carboxylic acids is 2. The fourth-order valence-electron chi connectivity index (χ4n) is 1.09. The molecule has 0 bridgehead atoms. The minimum atomic E-state index is -1.22. The molecule has 0 radical (unpaired) electrons. The van der Waals surface area contributed by atoms with Gasteiger partial charge in [0.25, 0.3) is 0 Å². The molecule has 2 rings (SSSR count). The molecule has 1 aromatic heterocycles. The summed E-state index contributed by atoms with van der Waals surface area (Å²) in [5, 5.41) is 8.59. The average molecular weight is 193 g/mol. The number of ether oxygens (including phenoxy) is 1. The highest BCUT2D eigenvalue weighted by Gasteiger charge is 2.31. The number of hydrogen-bond donors (Lipinski definition) is 1. The first-order valence-electron chi connectivity index (χ1n) is 3.59. The van der Waals surface area contributed by atoms with E-state index in [-0.39, 0.29) is 16.8 Å². The van der Waals surface area contributed by atoms with E-state index in [2.05, 4.69) is 9.72 Å². The van der Waals surface area contributed by atoms with E-state index in [1.54, 1.807) is 0 Å². The van der Waals surface area contributed by atoms with Crippen LogP contribution in [0.1, 0.15) is 31.2 Å². The van der Waals surface area contributed by atoms with Gasteiger partial charge >= 0.3 is 17.9 Å². The van der Waals surface area contributed by atoms with Crippen LogP contribution in [0.25, 0.3) is 0 Å². The van der Waals surface area contributed by atoms with Crippen molar-refractivity contribution >= 4 is 17.9 Å². The lowest BCUT2D eigenvalue weighted by molar-refractivity contribution is 0.0441. The molecule has 0 aromatic carbocycles. The van der Waals surface area contributed by atoms with Crippen molar-refractivity contribution in [1.29, 1.82) is 0 Å². The summed E-state index contributed by atoms with van der Waals surface area (Å²) in [6, 6.07) is 1.07. The van der Waals surface area contributed by atoms with Crippen molar-refractivity contribution in [2.24, 2.45) is 0 Å². The number of carbonyl (C=O) groups is 3. The van der Waals surface area contributed by atoms with Gasteiger partial charge < -0.3 is 9.84 Å². The zero-order valence-corrected chi connectivity index (χ0v) is 6.68. The largest absolute Gasteiger partial charge is 0.478 e. The van der Waals surface area contributed by atoms with E-state index in [1.165, 1.54) is 0 Å². The van der Waals surface area contributed by atoms with E-state index in [1.807, 2.05) is 0 Å². The van der Waals surface area contributed by atoms with E-state index in [0.717, 1.165) is 12.3 Å². The quantitative estimate of drug-likeness (QED) is 0.501. The normalized spacial score (nSPS) is 13.7. The summed E-state index contributed by atoms with van der Waals surface area (Å²) in [7, 11) is 0. The number of fused-ring (bicyclic) bond motifs is 1. The maximum atomic E-state index is 11.0. The van der Waals surface area contributed by atoms with Gasteiger partial charge in [0.15, 0.2) is 5.69 Å². The Balaban J connectivity index is 2.61. The molecule has 0 saturated heterocycles. The third-order valence-corrected chi connectivity index (χ3v) is 1.73. The summed E-state index contributed by atoms with van der Waals surface area (Å²) in [6.45, 7) is 0. The van der Waals surface area contributed by atoms with Gasteiger partial charge in [-0.2, -0.15) is 0 Å². The zero-order chi connectivity index (χ0) is 10.3. The van der Waals surface area contributed by atoms with Crippen LogP contribution in [-0.4, -0.2) is 28.0 Å². The second kappa shape index (κ2) is 2.63. The summed E-state index contributed by atoms with van der Waals surface area (Å²) in [5.74, 6) is -2.92. The van der Waals surface area contributed by atoms with Crippen LogP contribution in [0.5, 0.6) is 0 Å². The molecule has 0 amide bonds. The number of pyridine rings is 1. The molecule has 0 atom stereocenters. The van der Waals surface area contributed by atoms with E-state index >= 15 is 0 Å². The molecule has 1 aliphatic heterocycles. The fourth-order valence-corrected chi connectivity index (χ4v) is 1.09. The molecular weight excluding hydrogens is 190 g/mol. The number of aromatic nitrogens is 1. The Morgan fingerprint density at radius 2 is 2.07 bits per heavy atom. The van der Waals surface area contributed by atoms with Crippen LogP contribution in [0.3, 0.4) is 0 Å². The molecular formula is C8H3NO5. The van der Waals surface area contributed by atoms with Crippen molar-refractivity contribution in [3.05, 3.63) is 29.1 Å². The minimum absolute atomic E-state index is 0.102. The summed E-state index contributed by atoms with van der Waals surface area (Å²) in [6.07, 6.45) is 1.00. The Morgan fingerprint density at radius 3 is 2.71 bits per heavy atom. The number of nitrogens with zero attached hydrogens (tertiary/aromatic N) is 1. The first kappa shape index (κ1) is 8.36. The van der Waals surface area contributed by atoms with Gasteiger partial charge in [-0.15, -0.1) is 0 Å². The van der Waals surface area contributed by atoms with Gasteiger partial charge in [0.05, 0.1) is 11.1 Å². The molecule has 2 heterocycles. The van der Waals surface area contributed by atoms with Crippen LogP contribution < -0.4 is 0 Å². The van der Waals surface area contributed by atoms with Gasteiger partial charge in [-0.05, 0) is 6.07 Å². The number of rotatable bonds is 1. The number of carboxylic acid groups (broad SMARTS) is 1. The van der Waals surface area contributed by atoms with Crippen LogP contribution in [0.15, 0.2) is 12.3 Å². The zero-order valence-electron chi connectivity index (χ0n) is 6.68. The molecule has 70 valence electrons. The highest BCUT2D eigenvalue weighted by molar-refractivity contribution is 6.14. The van der Waals surface area contributed by atoms with Crippen molar-refractivity contribution in [2.45, 2.75) is 0 Å². The third-order valence-electron chi connectivity index (χ3n) is 1.73. The van der Waals surface area contributed by atoms with Gasteiger partial charge in [0.2, 0.25) is 0 Å². The van der Waals surface area contributed by atoms with Crippen molar-refractivity contribution < 1.29 is 24.2 Å². The summed E-state index contributed by atoms with van der Waals surface area (Å²) in [5.41, 5.74) is -0.398. The first-order valence-corrected chi connectivity index (χ1v) is 3.59. The lowest BCUT2D eigenvalue weighted by atomic mass is 10.1. The molecule has 14 heavy (non-hydrogen) atoms. The number of carboxylic acids is 1. The van der Waals surface area contributed by atoms with Crippen LogP contribution in [0.2, 0.25) is 0 Å².